The average Bonchev–Trinajstić information content (AvgIpc) is 3.36. The quantitative estimate of drug-likeness (QED) is 0.117. The third-order valence-electron chi connectivity index (χ3n) is 8.18. The minimum absolute atomic E-state index is 0.0469. The number of amides is 1. The summed E-state index contributed by atoms with van der Waals surface area (Å²) < 4.78 is 7.58. The highest BCUT2D eigenvalue weighted by Crippen LogP contribution is 2.19. The van der Waals surface area contributed by atoms with Gasteiger partial charge in [-0.15, -0.1) is 0 Å². The van der Waals surface area contributed by atoms with Crippen LogP contribution in [0.3, 0.4) is 0 Å². The number of imidazole rings is 1. The van der Waals surface area contributed by atoms with Gasteiger partial charge in [0.2, 0.25) is 0 Å². The maximum atomic E-state index is 12.5. The smallest absolute Gasteiger partial charge is 0.251 e. The molecule has 5 heteroatoms. The molecule has 0 saturated heterocycles. The molecule has 0 atom stereocenters. The summed E-state index contributed by atoms with van der Waals surface area (Å²) in [6.45, 7) is 3.94. The van der Waals surface area contributed by atoms with Crippen LogP contribution in [-0.4, -0.2) is 29.1 Å². The van der Waals surface area contributed by atoms with Crippen molar-refractivity contribution < 1.29 is 9.53 Å². The first-order valence-electron chi connectivity index (χ1n) is 16.6. The third kappa shape index (κ3) is 12.3. The molecule has 1 amide bonds. The molecule has 1 heterocycles. The van der Waals surface area contributed by atoms with Crippen LogP contribution in [0.5, 0.6) is 5.75 Å². The predicted octanol–water partition coefficient (Wildman–Crippen LogP) is 9.67. The van der Waals surface area contributed by atoms with Gasteiger partial charge in [0.1, 0.15) is 11.6 Å². The van der Waals surface area contributed by atoms with Crippen LogP contribution in [0.4, 0.5) is 0 Å². The second-order valence-electron chi connectivity index (χ2n) is 11.6. The lowest BCUT2D eigenvalue weighted by Crippen LogP contribution is -2.25. The molecule has 0 bridgehead atoms. The number of para-hydroxylation sites is 2. The zero-order chi connectivity index (χ0) is 29.0. The highest BCUT2D eigenvalue weighted by Gasteiger charge is 2.11. The van der Waals surface area contributed by atoms with Crippen molar-refractivity contribution in [2.45, 2.75) is 129 Å². The van der Waals surface area contributed by atoms with E-state index >= 15 is 0 Å². The molecule has 0 radical (unpaired) electrons. The van der Waals surface area contributed by atoms with E-state index in [-0.39, 0.29) is 5.91 Å². The van der Waals surface area contributed by atoms with E-state index < -0.39 is 0 Å². The number of nitrogens with zero attached hydrogens (tertiary/aromatic N) is 2. The Morgan fingerprint density at radius 2 is 1.29 bits per heavy atom. The number of aryl methyl sites for hydroxylation is 2. The molecule has 2 aromatic carbocycles. The normalized spacial score (nSPS) is 11.3. The summed E-state index contributed by atoms with van der Waals surface area (Å²) in [4.78, 5) is 17.4. The highest BCUT2D eigenvalue weighted by molar-refractivity contribution is 5.94. The summed E-state index contributed by atoms with van der Waals surface area (Å²) in [6.07, 6.45) is 23.9. The van der Waals surface area contributed by atoms with Gasteiger partial charge in [0, 0.05) is 25.1 Å². The molecule has 0 unspecified atom stereocenters. The Labute approximate surface area is 249 Å². The number of nitrogens with one attached hydrogen (secondary N) is 1. The molecule has 1 N–H and O–H groups in total. The summed E-state index contributed by atoms with van der Waals surface area (Å²) in [6, 6.07) is 15.7. The van der Waals surface area contributed by atoms with Crippen LogP contribution in [0, 0.1) is 0 Å². The molecular formula is C36H55N3O2. The van der Waals surface area contributed by atoms with Crippen molar-refractivity contribution in [3.8, 4) is 5.75 Å². The number of hydrogen-bond acceptors (Lipinski definition) is 3. The predicted molar refractivity (Wildman–Crippen MR) is 173 cm³/mol. The molecule has 226 valence electrons. The molecule has 3 aromatic rings. The molecule has 41 heavy (non-hydrogen) atoms. The van der Waals surface area contributed by atoms with Gasteiger partial charge in [-0.25, -0.2) is 4.98 Å². The van der Waals surface area contributed by atoms with Crippen molar-refractivity contribution in [2.75, 3.05) is 13.7 Å². The van der Waals surface area contributed by atoms with Crippen LogP contribution < -0.4 is 10.1 Å². The monoisotopic (exact) mass is 561 g/mol. The number of unbranched alkanes of at least 4 members (excludes halogenated alkanes) is 15. The minimum atomic E-state index is -0.0469. The number of methoxy groups -OCH3 is 1. The van der Waals surface area contributed by atoms with Gasteiger partial charge in [-0.1, -0.05) is 115 Å². The van der Waals surface area contributed by atoms with Crippen molar-refractivity contribution in [3.05, 3.63) is 59.9 Å². The molecule has 3 rings (SSSR count). The summed E-state index contributed by atoms with van der Waals surface area (Å²) >= 11 is 0. The van der Waals surface area contributed by atoms with Crippen LogP contribution in [-0.2, 0) is 13.0 Å². The summed E-state index contributed by atoms with van der Waals surface area (Å²) in [5.74, 6) is 1.84. The Morgan fingerprint density at radius 1 is 0.732 bits per heavy atom. The maximum absolute atomic E-state index is 12.5. The number of carbonyl (C=O) groups is 1. The summed E-state index contributed by atoms with van der Waals surface area (Å²) in [7, 11) is 1.63. The Kier molecular flexibility index (Phi) is 16.0. The average molecular weight is 562 g/mol. The summed E-state index contributed by atoms with van der Waals surface area (Å²) in [5, 5.41) is 3.04. The zero-order valence-corrected chi connectivity index (χ0v) is 26.0. The van der Waals surface area contributed by atoms with E-state index in [9.17, 15) is 4.79 Å². The molecule has 0 fully saturated rings. The molecule has 0 aliphatic carbocycles. The van der Waals surface area contributed by atoms with Gasteiger partial charge < -0.3 is 14.6 Å². The van der Waals surface area contributed by atoms with Crippen LogP contribution in [0.25, 0.3) is 11.0 Å². The second-order valence-corrected chi connectivity index (χ2v) is 11.6. The fraction of sp³-hybridized carbons (Fsp3) is 0.611. The number of hydrogen-bond donors (Lipinski definition) is 1. The van der Waals surface area contributed by atoms with E-state index in [0.29, 0.717) is 12.1 Å². The van der Waals surface area contributed by atoms with Crippen molar-refractivity contribution >= 4 is 16.9 Å². The number of benzene rings is 2. The fourth-order valence-corrected chi connectivity index (χ4v) is 5.68. The molecule has 0 aliphatic heterocycles. The van der Waals surface area contributed by atoms with Gasteiger partial charge in [0.15, 0.2) is 0 Å². The van der Waals surface area contributed by atoms with E-state index in [2.05, 4.69) is 41.1 Å². The first kappa shape index (κ1) is 32.7. The van der Waals surface area contributed by atoms with Gasteiger partial charge in [0.25, 0.3) is 5.91 Å². The molecular weight excluding hydrogens is 506 g/mol. The number of ether oxygens (including phenoxy) is 1. The Bertz CT molecular complexity index is 1110. The molecule has 1 aromatic heterocycles. The third-order valence-corrected chi connectivity index (χ3v) is 8.18. The van der Waals surface area contributed by atoms with Crippen LogP contribution in [0.2, 0.25) is 0 Å². The van der Waals surface area contributed by atoms with Gasteiger partial charge in [0.05, 0.1) is 18.1 Å². The number of aromatic nitrogens is 2. The van der Waals surface area contributed by atoms with E-state index in [1.807, 2.05) is 12.1 Å². The SMILES string of the molecule is CCCCCCCCCCCCCCCCCCn1c(CCCNC(=O)c2ccc(OC)cc2)nc2ccccc21. The first-order chi connectivity index (χ1) is 20.2. The fourth-order valence-electron chi connectivity index (χ4n) is 5.68. The lowest BCUT2D eigenvalue weighted by atomic mass is 10.0. The lowest BCUT2D eigenvalue weighted by Gasteiger charge is -2.10. The van der Waals surface area contributed by atoms with Crippen LogP contribution >= 0.6 is 0 Å². The van der Waals surface area contributed by atoms with E-state index in [1.165, 1.54) is 108 Å². The molecule has 0 saturated carbocycles. The Morgan fingerprint density at radius 3 is 1.88 bits per heavy atom. The van der Waals surface area contributed by atoms with Gasteiger partial charge in [-0.2, -0.15) is 0 Å². The van der Waals surface area contributed by atoms with Crippen LogP contribution in [0.1, 0.15) is 132 Å². The number of fused-ring (bicyclic) bond motifs is 1. The molecule has 0 spiro atoms. The van der Waals surface area contributed by atoms with E-state index in [4.69, 9.17) is 9.72 Å². The van der Waals surface area contributed by atoms with Crippen molar-refractivity contribution in [1.29, 1.82) is 0 Å². The largest absolute Gasteiger partial charge is 0.497 e. The highest BCUT2D eigenvalue weighted by atomic mass is 16.5. The summed E-state index contributed by atoms with van der Waals surface area (Å²) in [5.41, 5.74) is 2.95. The van der Waals surface area contributed by atoms with Gasteiger partial charge in [-0.05, 0) is 49.2 Å². The van der Waals surface area contributed by atoms with Crippen molar-refractivity contribution in [2.24, 2.45) is 0 Å². The molecule has 0 aliphatic rings. The lowest BCUT2D eigenvalue weighted by molar-refractivity contribution is 0.0953. The Hall–Kier alpha value is -2.82. The minimum Gasteiger partial charge on any atom is -0.497 e. The van der Waals surface area contributed by atoms with Crippen LogP contribution in [0.15, 0.2) is 48.5 Å². The van der Waals surface area contributed by atoms with Crippen molar-refractivity contribution in [1.82, 2.24) is 14.9 Å². The number of rotatable bonds is 23. The number of carbonyl (C=O) groups excluding carboxylic acids is 1. The van der Waals surface area contributed by atoms with Crippen molar-refractivity contribution in [3.63, 3.8) is 0 Å². The maximum Gasteiger partial charge on any atom is 0.251 e. The standard InChI is InChI=1S/C36H55N3O2/c1-3-4-5-6-7-8-9-10-11-12-13-14-15-16-17-20-30-39-34-23-19-18-22-33(34)38-35(39)24-21-29-37-36(40)31-25-27-32(41-2)28-26-31/h18-19,22-23,25-28H,3-17,20-21,24,29-30H2,1-2H3,(H,37,40). The second kappa shape index (κ2) is 20.1. The topological polar surface area (TPSA) is 56.2 Å². The van der Waals surface area contributed by atoms with E-state index in [0.717, 1.165) is 36.5 Å². The zero-order valence-electron chi connectivity index (χ0n) is 26.0. The molecule has 5 nitrogen and oxygen atoms in total. The van der Waals surface area contributed by atoms with E-state index in [1.54, 1.807) is 19.2 Å². The van der Waals surface area contributed by atoms with Gasteiger partial charge >= 0.3 is 0 Å². The first-order valence-corrected chi connectivity index (χ1v) is 16.6. The van der Waals surface area contributed by atoms with Gasteiger partial charge in [-0.3, -0.25) is 4.79 Å². The Balaban J connectivity index is 1.28.